The molecule has 0 fully saturated rings. The van der Waals surface area contributed by atoms with Crippen molar-refractivity contribution in [1.82, 2.24) is 15.5 Å². The highest BCUT2D eigenvalue weighted by Gasteiger charge is 2.06. The molecule has 2 aromatic carbocycles. The maximum Gasteiger partial charge on any atom is 0.319 e. The third-order valence-electron chi connectivity index (χ3n) is 3.53. The molecule has 3 rings (SSSR count). The summed E-state index contributed by atoms with van der Waals surface area (Å²) in [5, 5.41) is 14.0. The second kappa shape index (κ2) is 6.30. The van der Waals surface area contributed by atoms with Crippen molar-refractivity contribution in [2.75, 3.05) is 5.32 Å². The zero-order chi connectivity index (χ0) is 15.4. The molecule has 22 heavy (non-hydrogen) atoms. The molecule has 0 radical (unpaired) electrons. The van der Waals surface area contributed by atoms with Crippen molar-refractivity contribution in [2.24, 2.45) is 0 Å². The van der Waals surface area contributed by atoms with E-state index in [0.29, 0.717) is 6.54 Å². The fourth-order valence-corrected chi connectivity index (χ4v) is 2.37. The maximum atomic E-state index is 12.0. The van der Waals surface area contributed by atoms with Crippen LogP contribution in [0, 0.1) is 0 Å². The number of fused-ring (bicyclic) bond motifs is 1. The first-order valence-corrected chi connectivity index (χ1v) is 7.32. The van der Waals surface area contributed by atoms with E-state index in [2.05, 4.69) is 27.8 Å². The molecule has 1 heterocycles. The summed E-state index contributed by atoms with van der Waals surface area (Å²) in [6, 6.07) is 15.3. The van der Waals surface area contributed by atoms with Gasteiger partial charge in [0, 0.05) is 17.6 Å². The van der Waals surface area contributed by atoms with E-state index in [4.69, 9.17) is 0 Å². The first kappa shape index (κ1) is 14.1. The van der Waals surface area contributed by atoms with Gasteiger partial charge in [-0.3, -0.25) is 5.10 Å². The number of urea groups is 1. The van der Waals surface area contributed by atoms with Crippen LogP contribution in [0.25, 0.3) is 10.9 Å². The third kappa shape index (κ3) is 3.09. The minimum absolute atomic E-state index is 0.218. The number of amides is 2. The summed E-state index contributed by atoms with van der Waals surface area (Å²) in [5.74, 6) is 0. The van der Waals surface area contributed by atoms with E-state index >= 15 is 0 Å². The second-order valence-electron chi connectivity index (χ2n) is 5.08. The Morgan fingerprint density at radius 1 is 1.18 bits per heavy atom. The molecule has 1 aromatic heterocycles. The van der Waals surface area contributed by atoms with E-state index in [1.54, 1.807) is 0 Å². The number of nitrogens with zero attached hydrogens (tertiary/aromatic N) is 1. The van der Waals surface area contributed by atoms with Crippen molar-refractivity contribution in [3.05, 3.63) is 59.8 Å². The predicted octanol–water partition coefficient (Wildman–Crippen LogP) is 3.45. The number of H-pyrrole nitrogens is 1. The van der Waals surface area contributed by atoms with E-state index in [0.717, 1.165) is 34.3 Å². The average molecular weight is 294 g/mol. The van der Waals surface area contributed by atoms with Crippen LogP contribution in [0.3, 0.4) is 0 Å². The van der Waals surface area contributed by atoms with Gasteiger partial charge in [-0.25, -0.2) is 4.79 Å². The second-order valence-corrected chi connectivity index (χ2v) is 5.08. The molecular formula is C17H18N4O. The Morgan fingerprint density at radius 2 is 2.00 bits per heavy atom. The van der Waals surface area contributed by atoms with Gasteiger partial charge in [0.1, 0.15) is 0 Å². The number of rotatable bonds is 4. The molecule has 0 aliphatic heterocycles. The number of hydrogen-bond acceptors (Lipinski definition) is 2. The molecule has 0 aliphatic rings. The average Bonchev–Trinajstić information content (AvgIpc) is 2.96. The number of nitrogens with one attached hydrogen (secondary N) is 3. The molecule has 5 nitrogen and oxygen atoms in total. The molecule has 0 bridgehead atoms. The molecule has 0 aliphatic carbocycles. The first-order chi connectivity index (χ1) is 10.8. The molecule has 5 heteroatoms. The number of hydrogen-bond donors (Lipinski definition) is 3. The van der Waals surface area contributed by atoms with E-state index in [1.165, 1.54) is 0 Å². The van der Waals surface area contributed by atoms with Crippen LogP contribution in [-0.2, 0) is 13.0 Å². The summed E-state index contributed by atoms with van der Waals surface area (Å²) >= 11 is 0. The lowest BCUT2D eigenvalue weighted by molar-refractivity contribution is 0.251. The minimum Gasteiger partial charge on any atom is -0.334 e. The molecule has 0 unspecified atom stereocenters. The summed E-state index contributed by atoms with van der Waals surface area (Å²) in [4.78, 5) is 12.0. The molecule has 0 atom stereocenters. The monoisotopic (exact) mass is 294 g/mol. The van der Waals surface area contributed by atoms with Crippen LogP contribution in [0.1, 0.15) is 18.2 Å². The summed E-state index contributed by atoms with van der Waals surface area (Å²) in [7, 11) is 0. The molecule has 0 saturated heterocycles. The van der Waals surface area contributed by atoms with Crippen LogP contribution in [-0.4, -0.2) is 16.2 Å². The Balaban J connectivity index is 1.66. The summed E-state index contributed by atoms with van der Waals surface area (Å²) in [5.41, 5.74) is 3.81. The molecule has 3 N–H and O–H groups in total. The van der Waals surface area contributed by atoms with E-state index in [1.807, 2.05) is 48.5 Å². The highest BCUT2D eigenvalue weighted by atomic mass is 16.2. The number of benzene rings is 2. The van der Waals surface area contributed by atoms with Crippen molar-refractivity contribution in [2.45, 2.75) is 19.9 Å². The fraction of sp³-hybridized carbons (Fsp3) is 0.176. The van der Waals surface area contributed by atoms with Gasteiger partial charge in [-0.2, -0.15) is 5.10 Å². The fourth-order valence-electron chi connectivity index (χ4n) is 2.37. The van der Waals surface area contributed by atoms with Crippen LogP contribution in [0.15, 0.2) is 48.5 Å². The highest BCUT2D eigenvalue weighted by molar-refractivity contribution is 5.93. The van der Waals surface area contributed by atoms with E-state index < -0.39 is 0 Å². The number of carbonyl (C=O) groups excluding carboxylic acids is 1. The Bertz CT molecular complexity index is 780. The van der Waals surface area contributed by atoms with Crippen molar-refractivity contribution in [3.8, 4) is 0 Å². The normalized spacial score (nSPS) is 10.6. The Kier molecular flexibility index (Phi) is 4.05. The van der Waals surface area contributed by atoms with Gasteiger partial charge in [0.2, 0.25) is 0 Å². The molecular weight excluding hydrogens is 276 g/mol. The zero-order valence-electron chi connectivity index (χ0n) is 12.4. The van der Waals surface area contributed by atoms with Crippen molar-refractivity contribution in [1.29, 1.82) is 0 Å². The van der Waals surface area contributed by atoms with Gasteiger partial charge in [0.15, 0.2) is 0 Å². The van der Waals surface area contributed by atoms with Gasteiger partial charge in [-0.1, -0.05) is 37.3 Å². The lowest BCUT2D eigenvalue weighted by Gasteiger charge is -2.08. The Labute approximate surface area is 128 Å². The van der Waals surface area contributed by atoms with Crippen LogP contribution in [0.4, 0.5) is 10.5 Å². The van der Waals surface area contributed by atoms with Gasteiger partial charge in [-0.15, -0.1) is 0 Å². The SMILES string of the molecule is CCc1n[nH]c2ccc(NC(=O)NCc3ccccc3)cc12. The summed E-state index contributed by atoms with van der Waals surface area (Å²) < 4.78 is 0. The maximum absolute atomic E-state index is 12.0. The molecule has 112 valence electrons. The highest BCUT2D eigenvalue weighted by Crippen LogP contribution is 2.20. The van der Waals surface area contributed by atoms with Gasteiger partial charge in [-0.05, 0) is 30.2 Å². The lowest BCUT2D eigenvalue weighted by Crippen LogP contribution is -2.28. The van der Waals surface area contributed by atoms with Crippen molar-refractivity contribution in [3.63, 3.8) is 0 Å². The Morgan fingerprint density at radius 3 is 2.77 bits per heavy atom. The standard InChI is InChI=1S/C17H18N4O/c1-2-15-14-10-13(8-9-16(14)21-20-15)19-17(22)18-11-12-6-4-3-5-7-12/h3-10H,2,11H2,1H3,(H,20,21)(H2,18,19,22). The molecule has 2 amide bonds. The van der Waals surface area contributed by atoms with Gasteiger partial charge < -0.3 is 10.6 Å². The molecule has 3 aromatic rings. The van der Waals surface area contributed by atoms with Crippen LogP contribution < -0.4 is 10.6 Å². The minimum atomic E-state index is -0.218. The van der Waals surface area contributed by atoms with E-state index in [-0.39, 0.29) is 6.03 Å². The topological polar surface area (TPSA) is 69.8 Å². The third-order valence-corrected chi connectivity index (χ3v) is 3.53. The lowest BCUT2D eigenvalue weighted by atomic mass is 10.1. The number of carbonyl (C=O) groups is 1. The van der Waals surface area contributed by atoms with Gasteiger partial charge >= 0.3 is 6.03 Å². The smallest absolute Gasteiger partial charge is 0.319 e. The van der Waals surface area contributed by atoms with Crippen LogP contribution in [0.5, 0.6) is 0 Å². The Hall–Kier alpha value is -2.82. The van der Waals surface area contributed by atoms with Crippen molar-refractivity contribution < 1.29 is 4.79 Å². The van der Waals surface area contributed by atoms with Gasteiger partial charge in [0.25, 0.3) is 0 Å². The van der Waals surface area contributed by atoms with Crippen molar-refractivity contribution >= 4 is 22.6 Å². The number of aryl methyl sites for hydroxylation is 1. The first-order valence-electron chi connectivity index (χ1n) is 7.32. The quantitative estimate of drug-likeness (QED) is 0.689. The van der Waals surface area contributed by atoms with Gasteiger partial charge in [0.05, 0.1) is 11.2 Å². The molecule has 0 saturated carbocycles. The summed E-state index contributed by atoms with van der Waals surface area (Å²) in [6.07, 6.45) is 0.851. The van der Waals surface area contributed by atoms with E-state index in [9.17, 15) is 4.79 Å². The summed E-state index contributed by atoms with van der Waals surface area (Å²) in [6.45, 7) is 2.56. The molecule has 0 spiro atoms. The number of anilines is 1. The number of aromatic amines is 1. The predicted molar refractivity (Wildman–Crippen MR) is 87.8 cm³/mol. The largest absolute Gasteiger partial charge is 0.334 e. The van der Waals surface area contributed by atoms with Crippen LogP contribution in [0.2, 0.25) is 0 Å². The zero-order valence-corrected chi connectivity index (χ0v) is 12.4. The van der Waals surface area contributed by atoms with Crippen LogP contribution >= 0.6 is 0 Å². The number of aromatic nitrogens is 2.